The fourth-order valence-corrected chi connectivity index (χ4v) is 3.12. The number of carbonyl (C=O) groups excluding carboxylic acids is 2. The maximum absolute atomic E-state index is 12.9. The number of amides is 2. The van der Waals surface area contributed by atoms with E-state index in [4.69, 9.17) is 0 Å². The summed E-state index contributed by atoms with van der Waals surface area (Å²) in [5.74, 6) is 0.575. The third-order valence-corrected chi connectivity index (χ3v) is 4.78. The van der Waals surface area contributed by atoms with Crippen molar-refractivity contribution in [1.82, 2.24) is 14.4 Å². The van der Waals surface area contributed by atoms with Crippen LogP contribution in [0.15, 0.2) is 31.0 Å². The van der Waals surface area contributed by atoms with Crippen LogP contribution < -0.4 is 0 Å². The highest BCUT2D eigenvalue weighted by Crippen LogP contribution is 2.28. The predicted octanol–water partition coefficient (Wildman–Crippen LogP) is 2.82. The van der Waals surface area contributed by atoms with Gasteiger partial charge >= 0.3 is 0 Å². The van der Waals surface area contributed by atoms with Crippen LogP contribution in [0.4, 0.5) is 0 Å². The minimum atomic E-state index is 0.00410. The van der Waals surface area contributed by atoms with E-state index in [1.54, 1.807) is 11.0 Å². The number of aromatic nitrogens is 1. The van der Waals surface area contributed by atoms with Gasteiger partial charge < -0.3 is 14.4 Å². The summed E-state index contributed by atoms with van der Waals surface area (Å²) in [7, 11) is 1.98. The molecule has 1 fully saturated rings. The van der Waals surface area contributed by atoms with Crippen molar-refractivity contribution >= 4 is 11.8 Å². The third kappa shape index (κ3) is 5.21. The van der Waals surface area contributed by atoms with Gasteiger partial charge in [-0.05, 0) is 30.9 Å². The van der Waals surface area contributed by atoms with E-state index in [0.29, 0.717) is 25.6 Å². The highest BCUT2D eigenvalue weighted by atomic mass is 16.2. The van der Waals surface area contributed by atoms with Crippen molar-refractivity contribution in [2.24, 2.45) is 18.9 Å². The van der Waals surface area contributed by atoms with Crippen LogP contribution in [0.5, 0.6) is 0 Å². The average molecular weight is 345 g/mol. The third-order valence-electron chi connectivity index (χ3n) is 4.78. The molecule has 1 aromatic rings. The number of hydrogen-bond acceptors (Lipinski definition) is 2. The number of nitrogens with zero attached hydrogens (tertiary/aromatic N) is 3. The van der Waals surface area contributed by atoms with Gasteiger partial charge in [0.2, 0.25) is 11.8 Å². The summed E-state index contributed by atoms with van der Waals surface area (Å²) in [6.07, 6.45) is 6.68. The minimum absolute atomic E-state index is 0.00410. The SMILES string of the molecule is C=CCN(CC(=O)N(Cc1cccn1C)CC(C)C)C(=O)C1CCC1. The van der Waals surface area contributed by atoms with Crippen LogP contribution in [0.25, 0.3) is 0 Å². The summed E-state index contributed by atoms with van der Waals surface area (Å²) in [6.45, 7) is 9.77. The molecule has 5 heteroatoms. The second kappa shape index (κ2) is 8.88. The van der Waals surface area contributed by atoms with E-state index in [-0.39, 0.29) is 24.3 Å². The lowest BCUT2D eigenvalue weighted by Crippen LogP contribution is -2.46. The molecule has 0 radical (unpaired) electrons. The van der Waals surface area contributed by atoms with Gasteiger partial charge in [-0.1, -0.05) is 26.3 Å². The molecule has 0 unspecified atom stereocenters. The van der Waals surface area contributed by atoms with Gasteiger partial charge in [-0.2, -0.15) is 0 Å². The summed E-state index contributed by atoms with van der Waals surface area (Å²) >= 11 is 0. The van der Waals surface area contributed by atoms with E-state index in [2.05, 4.69) is 20.4 Å². The first-order chi connectivity index (χ1) is 11.9. The highest BCUT2D eigenvalue weighted by molar-refractivity contribution is 5.86. The van der Waals surface area contributed by atoms with Crippen LogP contribution in [0.2, 0.25) is 0 Å². The normalized spacial score (nSPS) is 14.2. The molecule has 0 aliphatic heterocycles. The Hall–Kier alpha value is -2.04. The van der Waals surface area contributed by atoms with Gasteiger partial charge in [0, 0.05) is 37.9 Å². The molecule has 2 rings (SSSR count). The van der Waals surface area contributed by atoms with Gasteiger partial charge in [0.25, 0.3) is 0 Å². The highest BCUT2D eigenvalue weighted by Gasteiger charge is 2.30. The lowest BCUT2D eigenvalue weighted by molar-refractivity contribution is -0.144. The summed E-state index contributed by atoms with van der Waals surface area (Å²) in [6, 6.07) is 4.01. The van der Waals surface area contributed by atoms with Crippen molar-refractivity contribution in [3.63, 3.8) is 0 Å². The zero-order valence-electron chi connectivity index (χ0n) is 15.8. The van der Waals surface area contributed by atoms with E-state index in [9.17, 15) is 9.59 Å². The van der Waals surface area contributed by atoms with Crippen LogP contribution in [0.1, 0.15) is 38.8 Å². The van der Waals surface area contributed by atoms with Crippen molar-refractivity contribution in [1.29, 1.82) is 0 Å². The monoisotopic (exact) mass is 345 g/mol. The smallest absolute Gasteiger partial charge is 0.242 e. The van der Waals surface area contributed by atoms with Crippen molar-refractivity contribution in [2.45, 2.75) is 39.7 Å². The Balaban J connectivity index is 2.06. The minimum Gasteiger partial charge on any atom is -0.353 e. The lowest BCUT2D eigenvalue weighted by Gasteiger charge is -2.33. The first-order valence-electron chi connectivity index (χ1n) is 9.20. The molecule has 138 valence electrons. The van der Waals surface area contributed by atoms with Crippen LogP contribution in [-0.4, -0.2) is 45.8 Å². The van der Waals surface area contributed by atoms with Crippen LogP contribution in [0.3, 0.4) is 0 Å². The summed E-state index contributed by atoms with van der Waals surface area (Å²) in [4.78, 5) is 29.0. The van der Waals surface area contributed by atoms with Crippen molar-refractivity contribution in [2.75, 3.05) is 19.6 Å². The molecule has 0 N–H and O–H groups in total. The first kappa shape index (κ1) is 19.3. The quantitative estimate of drug-likeness (QED) is 0.646. The Morgan fingerprint density at radius 3 is 2.56 bits per heavy atom. The molecular weight excluding hydrogens is 314 g/mol. The van der Waals surface area contributed by atoms with Gasteiger partial charge in [0.05, 0.1) is 6.54 Å². The molecule has 0 atom stereocenters. The Kier molecular flexibility index (Phi) is 6.85. The second-order valence-corrected chi connectivity index (χ2v) is 7.41. The molecule has 1 aliphatic rings. The maximum atomic E-state index is 12.9. The topological polar surface area (TPSA) is 45.6 Å². The molecule has 0 saturated heterocycles. The Bertz CT molecular complexity index is 602. The molecule has 1 aliphatic carbocycles. The molecule has 1 saturated carbocycles. The van der Waals surface area contributed by atoms with Crippen LogP contribution in [-0.2, 0) is 23.2 Å². The Morgan fingerprint density at radius 2 is 2.08 bits per heavy atom. The first-order valence-corrected chi connectivity index (χ1v) is 9.20. The molecule has 0 aromatic carbocycles. The lowest BCUT2D eigenvalue weighted by atomic mass is 9.84. The molecular formula is C20H31N3O2. The van der Waals surface area contributed by atoms with Crippen molar-refractivity contribution in [3.05, 3.63) is 36.7 Å². The van der Waals surface area contributed by atoms with Crippen molar-refractivity contribution in [3.8, 4) is 0 Å². The molecule has 2 amide bonds. The molecule has 5 nitrogen and oxygen atoms in total. The zero-order valence-corrected chi connectivity index (χ0v) is 15.8. The second-order valence-electron chi connectivity index (χ2n) is 7.41. The number of carbonyl (C=O) groups is 2. The molecule has 1 aromatic heterocycles. The zero-order chi connectivity index (χ0) is 18.4. The number of aryl methyl sites for hydroxylation is 1. The fraction of sp³-hybridized carbons (Fsp3) is 0.600. The van der Waals surface area contributed by atoms with E-state index in [0.717, 1.165) is 25.0 Å². The Labute approximate surface area is 151 Å². The summed E-state index contributed by atoms with van der Waals surface area (Å²) in [5, 5.41) is 0. The Morgan fingerprint density at radius 1 is 1.36 bits per heavy atom. The average Bonchev–Trinajstić information content (AvgIpc) is 2.89. The predicted molar refractivity (Wildman–Crippen MR) is 99.8 cm³/mol. The van der Waals surface area contributed by atoms with Crippen LogP contribution in [0, 0.1) is 11.8 Å². The van der Waals surface area contributed by atoms with E-state index in [1.807, 2.05) is 34.8 Å². The number of hydrogen-bond donors (Lipinski definition) is 0. The van der Waals surface area contributed by atoms with Crippen LogP contribution >= 0.6 is 0 Å². The van der Waals surface area contributed by atoms with Gasteiger partial charge in [-0.3, -0.25) is 9.59 Å². The number of rotatable bonds is 9. The molecule has 0 spiro atoms. The van der Waals surface area contributed by atoms with E-state index < -0.39 is 0 Å². The molecule has 25 heavy (non-hydrogen) atoms. The van der Waals surface area contributed by atoms with Gasteiger partial charge in [-0.15, -0.1) is 6.58 Å². The fourth-order valence-electron chi connectivity index (χ4n) is 3.12. The largest absolute Gasteiger partial charge is 0.353 e. The molecule has 1 heterocycles. The molecule has 0 bridgehead atoms. The van der Waals surface area contributed by atoms with Gasteiger partial charge in [0.1, 0.15) is 6.54 Å². The van der Waals surface area contributed by atoms with Crippen molar-refractivity contribution < 1.29 is 9.59 Å². The van der Waals surface area contributed by atoms with E-state index in [1.165, 1.54) is 0 Å². The van der Waals surface area contributed by atoms with Gasteiger partial charge in [-0.25, -0.2) is 0 Å². The van der Waals surface area contributed by atoms with Gasteiger partial charge in [0.15, 0.2) is 0 Å². The van der Waals surface area contributed by atoms with E-state index >= 15 is 0 Å². The maximum Gasteiger partial charge on any atom is 0.242 e. The summed E-state index contributed by atoms with van der Waals surface area (Å²) in [5.41, 5.74) is 1.09. The standard InChI is InChI=1S/C20H31N3O2/c1-5-11-22(20(25)17-8-6-9-17)15-19(24)23(13-16(2)3)14-18-10-7-12-21(18)4/h5,7,10,12,16-17H,1,6,8-9,11,13-15H2,2-4H3. The summed E-state index contributed by atoms with van der Waals surface area (Å²) < 4.78 is 2.03.